The molecule has 0 saturated carbocycles. The molecule has 1 aliphatic rings. The van der Waals surface area contributed by atoms with Crippen LogP contribution < -0.4 is 10.2 Å². The van der Waals surface area contributed by atoms with Gasteiger partial charge in [-0.15, -0.1) is 0 Å². The molecule has 2 aromatic rings. The molecule has 1 fully saturated rings. The highest BCUT2D eigenvalue weighted by Crippen LogP contribution is 2.29. The SMILES string of the molecule is N#Cc1ccc(C(=O)Nc2ccccc2N2CCC(CO)CC2)nc1. The van der Waals surface area contributed by atoms with Crippen LogP contribution in [-0.4, -0.2) is 35.7 Å². The van der Waals surface area contributed by atoms with Crippen LogP contribution in [0.25, 0.3) is 0 Å². The highest BCUT2D eigenvalue weighted by atomic mass is 16.3. The number of amides is 1. The molecule has 0 atom stereocenters. The molecule has 1 amide bonds. The van der Waals surface area contributed by atoms with E-state index in [1.807, 2.05) is 30.3 Å². The van der Waals surface area contributed by atoms with Crippen LogP contribution in [0.4, 0.5) is 11.4 Å². The topological polar surface area (TPSA) is 89.2 Å². The molecule has 0 radical (unpaired) electrons. The first-order chi connectivity index (χ1) is 12.2. The van der Waals surface area contributed by atoms with Gasteiger partial charge in [0.2, 0.25) is 0 Å². The molecule has 0 spiro atoms. The monoisotopic (exact) mass is 336 g/mol. The average molecular weight is 336 g/mol. The summed E-state index contributed by atoms with van der Waals surface area (Å²) in [6, 6.07) is 12.8. The first-order valence-electron chi connectivity index (χ1n) is 8.33. The summed E-state index contributed by atoms with van der Waals surface area (Å²) in [5.41, 5.74) is 2.40. The molecule has 1 aromatic heterocycles. The van der Waals surface area contributed by atoms with Gasteiger partial charge in [0.1, 0.15) is 11.8 Å². The number of nitriles is 1. The Labute approximate surface area is 146 Å². The van der Waals surface area contributed by atoms with Crippen molar-refractivity contribution in [2.75, 3.05) is 29.9 Å². The highest BCUT2D eigenvalue weighted by Gasteiger charge is 2.21. The van der Waals surface area contributed by atoms with E-state index in [2.05, 4.69) is 15.2 Å². The highest BCUT2D eigenvalue weighted by molar-refractivity contribution is 6.04. The zero-order valence-corrected chi connectivity index (χ0v) is 13.9. The van der Waals surface area contributed by atoms with E-state index >= 15 is 0 Å². The fraction of sp³-hybridized carbons (Fsp3) is 0.316. The minimum Gasteiger partial charge on any atom is -0.396 e. The van der Waals surface area contributed by atoms with Gasteiger partial charge >= 0.3 is 0 Å². The minimum atomic E-state index is -0.304. The Balaban J connectivity index is 1.74. The molecular weight excluding hydrogens is 316 g/mol. The maximum Gasteiger partial charge on any atom is 0.274 e. The summed E-state index contributed by atoms with van der Waals surface area (Å²) in [6.07, 6.45) is 3.27. The van der Waals surface area contributed by atoms with E-state index in [1.165, 1.54) is 6.20 Å². The van der Waals surface area contributed by atoms with Crippen molar-refractivity contribution in [2.24, 2.45) is 5.92 Å². The number of carbonyl (C=O) groups is 1. The summed E-state index contributed by atoms with van der Waals surface area (Å²) in [6.45, 7) is 1.94. The van der Waals surface area contributed by atoms with Gasteiger partial charge in [-0.05, 0) is 43.0 Å². The first kappa shape index (κ1) is 16.9. The molecule has 128 valence electrons. The van der Waals surface area contributed by atoms with Crippen molar-refractivity contribution in [3.05, 3.63) is 53.9 Å². The van der Waals surface area contributed by atoms with Gasteiger partial charge in [0.15, 0.2) is 0 Å². The quantitative estimate of drug-likeness (QED) is 0.895. The van der Waals surface area contributed by atoms with Crippen molar-refractivity contribution in [1.29, 1.82) is 5.26 Å². The predicted molar refractivity (Wildman–Crippen MR) is 95.4 cm³/mol. The van der Waals surface area contributed by atoms with Crippen LogP contribution in [-0.2, 0) is 0 Å². The molecule has 1 aromatic carbocycles. The maximum atomic E-state index is 12.4. The largest absolute Gasteiger partial charge is 0.396 e. The number of aliphatic hydroxyl groups excluding tert-OH is 1. The van der Waals surface area contributed by atoms with E-state index in [1.54, 1.807) is 12.1 Å². The molecule has 0 bridgehead atoms. The summed E-state index contributed by atoms with van der Waals surface area (Å²) in [7, 11) is 0. The fourth-order valence-corrected chi connectivity index (χ4v) is 2.99. The smallest absolute Gasteiger partial charge is 0.274 e. The van der Waals surface area contributed by atoms with E-state index < -0.39 is 0 Å². The lowest BCUT2D eigenvalue weighted by Crippen LogP contribution is -2.35. The van der Waals surface area contributed by atoms with Crippen molar-refractivity contribution in [3.63, 3.8) is 0 Å². The zero-order chi connectivity index (χ0) is 17.6. The average Bonchev–Trinajstić information content (AvgIpc) is 2.68. The second-order valence-electron chi connectivity index (χ2n) is 6.13. The molecule has 3 rings (SSSR count). The lowest BCUT2D eigenvalue weighted by molar-refractivity contribution is 0.102. The van der Waals surface area contributed by atoms with Crippen LogP contribution in [0, 0.1) is 17.2 Å². The van der Waals surface area contributed by atoms with Crippen LogP contribution in [0.1, 0.15) is 28.9 Å². The van der Waals surface area contributed by atoms with Gasteiger partial charge in [0.05, 0.1) is 16.9 Å². The van der Waals surface area contributed by atoms with Crippen molar-refractivity contribution in [3.8, 4) is 6.07 Å². The standard InChI is InChI=1S/C19H20N4O2/c20-11-15-5-6-17(21-12-15)19(25)22-16-3-1-2-4-18(16)23-9-7-14(13-24)8-10-23/h1-6,12,14,24H,7-10,13H2,(H,22,25). The third kappa shape index (κ3) is 3.95. The normalized spacial score (nSPS) is 14.8. The molecule has 6 nitrogen and oxygen atoms in total. The Bertz CT molecular complexity index is 775. The van der Waals surface area contributed by atoms with Gasteiger partial charge in [-0.2, -0.15) is 5.26 Å². The van der Waals surface area contributed by atoms with E-state index in [9.17, 15) is 9.90 Å². The molecular formula is C19H20N4O2. The van der Waals surface area contributed by atoms with Crippen LogP contribution in [0.3, 0.4) is 0 Å². The van der Waals surface area contributed by atoms with Crippen molar-refractivity contribution < 1.29 is 9.90 Å². The Morgan fingerprint density at radius 2 is 2.04 bits per heavy atom. The number of benzene rings is 1. The summed E-state index contributed by atoms with van der Waals surface area (Å²) in [4.78, 5) is 18.7. The lowest BCUT2D eigenvalue weighted by atomic mass is 9.97. The molecule has 0 unspecified atom stereocenters. The Morgan fingerprint density at radius 3 is 2.68 bits per heavy atom. The number of nitrogens with zero attached hydrogens (tertiary/aromatic N) is 3. The molecule has 0 aliphatic carbocycles. The molecule has 6 heteroatoms. The number of aromatic nitrogens is 1. The van der Waals surface area contributed by atoms with Crippen LogP contribution in [0.15, 0.2) is 42.6 Å². The van der Waals surface area contributed by atoms with Gasteiger partial charge in [-0.1, -0.05) is 12.1 Å². The van der Waals surface area contributed by atoms with E-state index in [4.69, 9.17) is 5.26 Å². The number of rotatable bonds is 4. The van der Waals surface area contributed by atoms with Gasteiger partial charge < -0.3 is 15.3 Å². The van der Waals surface area contributed by atoms with E-state index in [0.717, 1.165) is 37.3 Å². The van der Waals surface area contributed by atoms with Gasteiger partial charge in [0, 0.05) is 25.9 Å². The van der Waals surface area contributed by atoms with Crippen molar-refractivity contribution in [2.45, 2.75) is 12.8 Å². The molecule has 2 N–H and O–H groups in total. The summed E-state index contributed by atoms with van der Waals surface area (Å²) < 4.78 is 0. The summed E-state index contributed by atoms with van der Waals surface area (Å²) >= 11 is 0. The number of hydrogen-bond donors (Lipinski definition) is 2. The number of para-hydroxylation sites is 2. The number of pyridine rings is 1. The maximum absolute atomic E-state index is 12.4. The zero-order valence-electron chi connectivity index (χ0n) is 13.9. The molecule has 25 heavy (non-hydrogen) atoms. The summed E-state index contributed by atoms with van der Waals surface area (Å²) in [5.74, 6) is 0.0584. The molecule has 2 heterocycles. The van der Waals surface area contributed by atoms with Crippen LogP contribution in [0.5, 0.6) is 0 Å². The number of aliphatic hydroxyl groups is 1. The van der Waals surface area contributed by atoms with E-state index in [-0.39, 0.29) is 18.2 Å². The fourth-order valence-electron chi connectivity index (χ4n) is 2.99. The third-order valence-electron chi connectivity index (χ3n) is 4.49. The number of hydrogen-bond acceptors (Lipinski definition) is 5. The number of piperidine rings is 1. The van der Waals surface area contributed by atoms with Gasteiger partial charge in [0.25, 0.3) is 5.91 Å². The molecule has 1 saturated heterocycles. The van der Waals surface area contributed by atoms with Crippen molar-refractivity contribution in [1.82, 2.24) is 4.98 Å². The Morgan fingerprint density at radius 1 is 1.28 bits per heavy atom. The van der Waals surface area contributed by atoms with Gasteiger partial charge in [-0.3, -0.25) is 4.79 Å². The minimum absolute atomic E-state index is 0.233. The van der Waals surface area contributed by atoms with Crippen LogP contribution in [0.2, 0.25) is 0 Å². The second kappa shape index (κ2) is 7.77. The van der Waals surface area contributed by atoms with Crippen LogP contribution >= 0.6 is 0 Å². The van der Waals surface area contributed by atoms with Gasteiger partial charge in [-0.25, -0.2) is 4.98 Å². The Hall–Kier alpha value is -2.91. The predicted octanol–water partition coefficient (Wildman–Crippen LogP) is 2.41. The summed E-state index contributed by atoms with van der Waals surface area (Å²) in [5, 5.41) is 21.0. The molecule has 1 aliphatic heterocycles. The first-order valence-corrected chi connectivity index (χ1v) is 8.33. The number of anilines is 2. The Kier molecular flexibility index (Phi) is 5.26. The van der Waals surface area contributed by atoms with Crippen molar-refractivity contribution >= 4 is 17.3 Å². The number of nitrogens with one attached hydrogen (secondary N) is 1. The number of carbonyl (C=O) groups excluding carboxylic acids is 1. The van der Waals surface area contributed by atoms with E-state index in [0.29, 0.717) is 11.5 Å². The lowest BCUT2D eigenvalue weighted by Gasteiger charge is -2.34. The second-order valence-corrected chi connectivity index (χ2v) is 6.13. The third-order valence-corrected chi connectivity index (χ3v) is 4.49.